The van der Waals surface area contributed by atoms with E-state index in [-0.39, 0.29) is 0 Å². The van der Waals surface area contributed by atoms with Gasteiger partial charge in [0.25, 0.3) is 0 Å². The van der Waals surface area contributed by atoms with Gasteiger partial charge in [0.2, 0.25) is 0 Å². The topological polar surface area (TPSA) is 76.7 Å². The highest BCUT2D eigenvalue weighted by Crippen LogP contribution is 2.16. The van der Waals surface area contributed by atoms with Crippen molar-refractivity contribution in [2.75, 3.05) is 11.1 Å². The van der Waals surface area contributed by atoms with Crippen LogP contribution in [0.5, 0.6) is 0 Å². The van der Waals surface area contributed by atoms with Crippen LogP contribution in [0, 0.1) is 0 Å². The Hall–Kier alpha value is -1.69. The van der Waals surface area contributed by atoms with Crippen molar-refractivity contribution in [1.29, 1.82) is 0 Å². The van der Waals surface area contributed by atoms with Crippen LogP contribution in [0.3, 0.4) is 0 Å². The highest BCUT2D eigenvalue weighted by molar-refractivity contribution is 7.11. The van der Waals surface area contributed by atoms with E-state index in [0.717, 1.165) is 11.4 Å². The van der Waals surface area contributed by atoms with Gasteiger partial charge in [-0.15, -0.1) is 11.3 Å². The van der Waals surface area contributed by atoms with Crippen molar-refractivity contribution in [3.05, 3.63) is 28.5 Å². The van der Waals surface area contributed by atoms with Crippen molar-refractivity contribution < 1.29 is 0 Å². The van der Waals surface area contributed by atoms with Crippen LogP contribution in [0.1, 0.15) is 16.8 Å². The third-order valence-electron chi connectivity index (χ3n) is 2.08. The maximum absolute atomic E-state index is 5.66. The molecular weight excluding hydrogens is 222 g/mol. The summed E-state index contributed by atoms with van der Waals surface area (Å²) < 4.78 is 0. The van der Waals surface area contributed by atoms with Gasteiger partial charge in [-0.05, 0) is 6.42 Å². The highest BCUT2D eigenvalue weighted by atomic mass is 32.1. The summed E-state index contributed by atoms with van der Waals surface area (Å²) in [6.07, 6.45) is 6.10. The number of thiazole rings is 1. The number of nitrogens with zero attached hydrogens (tertiary/aromatic N) is 3. The van der Waals surface area contributed by atoms with E-state index < -0.39 is 0 Å². The normalized spacial score (nSPS) is 10.3. The molecule has 2 aromatic rings. The molecule has 3 N–H and O–H groups in total. The average Bonchev–Trinajstić information content (AvgIpc) is 2.76. The van der Waals surface area contributed by atoms with Crippen LogP contribution in [0.4, 0.5) is 11.6 Å². The number of nitrogens with two attached hydrogens (primary N) is 1. The summed E-state index contributed by atoms with van der Waals surface area (Å²) in [5, 5.41) is 4.15. The lowest BCUT2D eigenvalue weighted by Crippen LogP contribution is -2.05. The third kappa shape index (κ3) is 2.46. The largest absolute Gasteiger partial charge is 0.381 e. The van der Waals surface area contributed by atoms with Gasteiger partial charge in [0, 0.05) is 23.5 Å². The van der Waals surface area contributed by atoms with Gasteiger partial charge in [-0.3, -0.25) is 0 Å². The number of aryl methyl sites for hydroxylation is 1. The van der Waals surface area contributed by atoms with E-state index in [1.807, 2.05) is 6.20 Å². The monoisotopic (exact) mass is 235 g/mol. The van der Waals surface area contributed by atoms with E-state index in [1.54, 1.807) is 23.7 Å². The number of hydrogen-bond donors (Lipinski definition) is 2. The van der Waals surface area contributed by atoms with Gasteiger partial charge in [-0.1, -0.05) is 6.92 Å². The van der Waals surface area contributed by atoms with Crippen molar-refractivity contribution >= 4 is 23.0 Å². The van der Waals surface area contributed by atoms with Crippen LogP contribution in [0.2, 0.25) is 0 Å². The second kappa shape index (κ2) is 4.89. The van der Waals surface area contributed by atoms with Gasteiger partial charge in [-0.2, -0.15) is 0 Å². The van der Waals surface area contributed by atoms with E-state index in [2.05, 4.69) is 27.2 Å². The zero-order valence-electron chi connectivity index (χ0n) is 8.97. The van der Waals surface area contributed by atoms with Crippen molar-refractivity contribution in [2.24, 2.45) is 0 Å². The zero-order valence-corrected chi connectivity index (χ0v) is 9.79. The molecule has 0 spiro atoms. The Morgan fingerprint density at radius 2 is 2.12 bits per heavy atom. The Morgan fingerprint density at radius 1 is 1.31 bits per heavy atom. The average molecular weight is 235 g/mol. The molecule has 0 bridgehead atoms. The summed E-state index contributed by atoms with van der Waals surface area (Å²) in [4.78, 5) is 13.6. The Morgan fingerprint density at radius 3 is 2.81 bits per heavy atom. The first-order valence-corrected chi connectivity index (χ1v) is 5.85. The lowest BCUT2D eigenvalue weighted by Gasteiger charge is -2.04. The first kappa shape index (κ1) is 10.8. The standard InChI is InChI=1S/C10H13N5S/c1-2-7-5-14-8(16-7)6-15-10-9(11)12-3-4-13-10/h3-5H,2,6H2,1H3,(H2,11,12)(H,13,15). The minimum Gasteiger partial charge on any atom is -0.381 e. The van der Waals surface area contributed by atoms with Gasteiger partial charge >= 0.3 is 0 Å². The number of rotatable bonds is 4. The van der Waals surface area contributed by atoms with E-state index >= 15 is 0 Å². The second-order valence-electron chi connectivity index (χ2n) is 3.22. The molecule has 0 unspecified atom stereocenters. The van der Waals surface area contributed by atoms with E-state index in [1.165, 1.54) is 4.88 Å². The maximum atomic E-state index is 5.66. The first-order valence-electron chi connectivity index (χ1n) is 5.03. The molecule has 0 fully saturated rings. The van der Waals surface area contributed by atoms with Crippen LogP contribution in [0.15, 0.2) is 18.6 Å². The number of nitrogen functional groups attached to an aromatic ring is 1. The fourth-order valence-corrected chi connectivity index (χ4v) is 2.04. The molecule has 0 atom stereocenters. The SMILES string of the molecule is CCc1cnc(CNc2nccnc2N)s1. The fourth-order valence-electron chi connectivity index (χ4n) is 1.24. The van der Waals surface area contributed by atoms with Crippen LogP contribution in [-0.2, 0) is 13.0 Å². The molecule has 0 saturated carbocycles. The summed E-state index contributed by atoms with van der Waals surface area (Å²) in [5.74, 6) is 1.02. The predicted octanol–water partition coefficient (Wildman–Crippen LogP) is 1.69. The van der Waals surface area contributed by atoms with Gasteiger partial charge in [0.1, 0.15) is 5.01 Å². The summed E-state index contributed by atoms with van der Waals surface area (Å²) in [7, 11) is 0. The predicted molar refractivity (Wildman–Crippen MR) is 65.3 cm³/mol. The van der Waals surface area contributed by atoms with Gasteiger partial charge < -0.3 is 11.1 Å². The second-order valence-corrected chi connectivity index (χ2v) is 4.42. The number of hydrogen-bond acceptors (Lipinski definition) is 6. The molecule has 0 saturated heterocycles. The molecule has 2 aromatic heterocycles. The van der Waals surface area contributed by atoms with E-state index in [0.29, 0.717) is 18.2 Å². The third-order valence-corrected chi connectivity index (χ3v) is 3.23. The molecule has 2 rings (SSSR count). The lowest BCUT2D eigenvalue weighted by atomic mass is 10.4. The van der Waals surface area contributed by atoms with Crippen LogP contribution in [0.25, 0.3) is 0 Å². The molecule has 16 heavy (non-hydrogen) atoms. The Kier molecular flexibility index (Phi) is 3.31. The number of aromatic nitrogens is 3. The molecule has 0 aliphatic carbocycles. The molecule has 84 valence electrons. The smallest absolute Gasteiger partial charge is 0.169 e. The fraction of sp³-hybridized carbons (Fsp3) is 0.300. The zero-order chi connectivity index (χ0) is 11.4. The molecule has 0 aromatic carbocycles. The molecule has 0 aliphatic rings. The van der Waals surface area contributed by atoms with Crippen molar-refractivity contribution in [3.63, 3.8) is 0 Å². The molecule has 0 aliphatic heterocycles. The molecule has 0 amide bonds. The minimum atomic E-state index is 0.412. The van der Waals surface area contributed by atoms with Gasteiger partial charge in [0.15, 0.2) is 11.6 Å². The number of nitrogens with one attached hydrogen (secondary N) is 1. The van der Waals surface area contributed by atoms with Crippen LogP contribution >= 0.6 is 11.3 Å². The summed E-state index contributed by atoms with van der Waals surface area (Å²) in [5.41, 5.74) is 5.66. The Bertz CT molecular complexity index is 468. The Balaban J connectivity index is 1.99. The van der Waals surface area contributed by atoms with Gasteiger partial charge in [-0.25, -0.2) is 15.0 Å². The maximum Gasteiger partial charge on any atom is 0.169 e. The molecule has 6 heteroatoms. The minimum absolute atomic E-state index is 0.412. The van der Waals surface area contributed by atoms with Crippen molar-refractivity contribution in [3.8, 4) is 0 Å². The summed E-state index contributed by atoms with van der Waals surface area (Å²) >= 11 is 1.70. The molecule has 2 heterocycles. The van der Waals surface area contributed by atoms with E-state index in [4.69, 9.17) is 5.73 Å². The van der Waals surface area contributed by atoms with Crippen molar-refractivity contribution in [1.82, 2.24) is 15.0 Å². The van der Waals surface area contributed by atoms with Crippen LogP contribution in [-0.4, -0.2) is 15.0 Å². The van der Waals surface area contributed by atoms with Crippen molar-refractivity contribution in [2.45, 2.75) is 19.9 Å². The Labute approximate surface area is 97.8 Å². The summed E-state index contributed by atoms with van der Waals surface area (Å²) in [6.45, 7) is 2.75. The highest BCUT2D eigenvalue weighted by Gasteiger charge is 2.03. The molecular formula is C10H13N5S. The number of anilines is 2. The quantitative estimate of drug-likeness (QED) is 0.843. The van der Waals surface area contributed by atoms with Gasteiger partial charge in [0.05, 0.1) is 6.54 Å². The van der Waals surface area contributed by atoms with E-state index in [9.17, 15) is 0 Å². The lowest BCUT2D eigenvalue weighted by molar-refractivity contribution is 1.06. The summed E-state index contributed by atoms with van der Waals surface area (Å²) in [6, 6.07) is 0. The molecule has 0 radical (unpaired) electrons. The molecule has 5 nitrogen and oxygen atoms in total. The van der Waals surface area contributed by atoms with Crippen LogP contribution < -0.4 is 11.1 Å². The first-order chi connectivity index (χ1) is 7.79.